The Morgan fingerprint density at radius 1 is 1.06 bits per heavy atom. The summed E-state index contributed by atoms with van der Waals surface area (Å²) >= 11 is 4.71. The highest BCUT2D eigenvalue weighted by atomic mass is 32.2. The number of ether oxygens (including phenoxy) is 1. The monoisotopic (exact) mass is 473 g/mol. The number of carbonyl (C=O) groups is 2. The number of amides is 1. The minimum Gasteiger partial charge on any atom is -0.462 e. The molecule has 0 radical (unpaired) electrons. The Morgan fingerprint density at radius 2 is 1.84 bits per heavy atom. The predicted octanol–water partition coefficient (Wildman–Crippen LogP) is 5.03. The summed E-state index contributed by atoms with van der Waals surface area (Å²) in [6.07, 6.45) is 9.06. The molecule has 2 aliphatic carbocycles. The number of thioether (sulfide) groups is 1. The van der Waals surface area contributed by atoms with Gasteiger partial charge in [-0.1, -0.05) is 11.8 Å². The average molecular weight is 474 g/mol. The SMILES string of the molecule is CCOC(=O)c1c(NC(=O)CSc2ncnc3sc4c(c23)CCCC4)sc2c1CCC2. The molecule has 0 bridgehead atoms. The number of hydrogen-bond acceptors (Lipinski definition) is 8. The Labute approximate surface area is 192 Å². The van der Waals surface area contributed by atoms with Crippen molar-refractivity contribution in [1.82, 2.24) is 9.97 Å². The lowest BCUT2D eigenvalue weighted by Crippen LogP contribution is -2.16. The number of anilines is 1. The number of esters is 1. The topological polar surface area (TPSA) is 81.2 Å². The molecule has 0 aliphatic heterocycles. The molecule has 9 heteroatoms. The summed E-state index contributed by atoms with van der Waals surface area (Å²) in [6.45, 7) is 2.12. The minimum absolute atomic E-state index is 0.133. The zero-order valence-electron chi connectivity index (χ0n) is 17.3. The Hall–Kier alpha value is -1.97. The summed E-state index contributed by atoms with van der Waals surface area (Å²) in [7, 11) is 0. The number of fused-ring (bicyclic) bond motifs is 4. The quantitative estimate of drug-likeness (QED) is 0.307. The van der Waals surface area contributed by atoms with E-state index in [9.17, 15) is 9.59 Å². The van der Waals surface area contributed by atoms with Crippen LogP contribution in [0.2, 0.25) is 0 Å². The summed E-state index contributed by atoms with van der Waals surface area (Å²) in [5.41, 5.74) is 2.97. The first kappa shape index (κ1) is 20.9. The average Bonchev–Trinajstić information content (AvgIpc) is 3.44. The van der Waals surface area contributed by atoms with Crippen molar-refractivity contribution < 1.29 is 14.3 Å². The Balaban J connectivity index is 1.34. The predicted molar refractivity (Wildman–Crippen MR) is 126 cm³/mol. The van der Waals surface area contributed by atoms with Gasteiger partial charge in [-0.3, -0.25) is 4.79 Å². The first-order chi connectivity index (χ1) is 15.2. The van der Waals surface area contributed by atoms with Crippen molar-refractivity contribution in [3.63, 3.8) is 0 Å². The second kappa shape index (κ2) is 8.88. The van der Waals surface area contributed by atoms with Crippen molar-refractivity contribution in [3.8, 4) is 0 Å². The number of carbonyl (C=O) groups excluding carboxylic acids is 2. The molecule has 0 fully saturated rings. The summed E-state index contributed by atoms with van der Waals surface area (Å²) in [4.78, 5) is 37.9. The van der Waals surface area contributed by atoms with E-state index in [2.05, 4.69) is 15.3 Å². The smallest absolute Gasteiger partial charge is 0.341 e. The van der Waals surface area contributed by atoms with Crippen LogP contribution in [0.1, 0.15) is 57.4 Å². The van der Waals surface area contributed by atoms with Gasteiger partial charge in [0.15, 0.2) is 0 Å². The van der Waals surface area contributed by atoms with Crippen LogP contribution in [0.5, 0.6) is 0 Å². The summed E-state index contributed by atoms with van der Waals surface area (Å²) in [6, 6.07) is 0. The molecule has 0 aromatic carbocycles. The van der Waals surface area contributed by atoms with Crippen molar-refractivity contribution in [2.24, 2.45) is 0 Å². The van der Waals surface area contributed by atoms with Crippen LogP contribution in [-0.2, 0) is 35.2 Å². The fraction of sp³-hybridized carbons (Fsp3) is 0.455. The molecule has 1 amide bonds. The van der Waals surface area contributed by atoms with E-state index in [1.165, 1.54) is 51.3 Å². The van der Waals surface area contributed by atoms with E-state index in [1.54, 1.807) is 24.6 Å². The minimum atomic E-state index is -0.340. The van der Waals surface area contributed by atoms with E-state index < -0.39 is 0 Å². The van der Waals surface area contributed by atoms with Gasteiger partial charge in [-0.05, 0) is 63.0 Å². The number of rotatable bonds is 6. The largest absolute Gasteiger partial charge is 0.462 e. The van der Waals surface area contributed by atoms with Gasteiger partial charge in [-0.15, -0.1) is 22.7 Å². The van der Waals surface area contributed by atoms with E-state index in [4.69, 9.17) is 4.74 Å². The maximum Gasteiger partial charge on any atom is 0.341 e. The third-order valence-corrected chi connectivity index (χ3v) is 9.11. The van der Waals surface area contributed by atoms with Gasteiger partial charge in [0, 0.05) is 15.1 Å². The fourth-order valence-electron chi connectivity index (χ4n) is 4.38. The van der Waals surface area contributed by atoms with Gasteiger partial charge in [0.25, 0.3) is 0 Å². The van der Waals surface area contributed by atoms with Crippen LogP contribution in [0.3, 0.4) is 0 Å². The van der Waals surface area contributed by atoms with Crippen LogP contribution in [0.15, 0.2) is 11.4 Å². The highest BCUT2D eigenvalue weighted by Gasteiger charge is 2.28. The molecule has 1 N–H and O–H groups in total. The number of thiophene rings is 2. The van der Waals surface area contributed by atoms with E-state index >= 15 is 0 Å². The molecule has 5 rings (SSSR count). The van der Waals surface area contributed by atoms with Gasteiger partial charge >= 0.3 is 5.97 Å². The molecule has 3 aromatic rings. The highest BCUT2D eigenvalue weighted by molar-refractivity contribution is 8.00. The molecular weight excluding hydrogens is 450 g/mol. The van der Waals surface area contributed by atoms with Crippen LogP contribution < -0.4 is 5.32 Å². The molecule has 31 heavy (non-hydrogen) atoms. The van der Waals surface area contributed by atoms with Crippen molar-refractivity contribution in [2.45, 2.75) is 56.9 Å². The van der Waals surface area contributed by atoms with Crippen LogP contribution in [-0.4, -0.2) is 34.2 Å². The second-order valence-electron chi connectivity index (χ2n) is 7.69. The molecule has 3 aromatic heterocycles. The normalized spacial score (nSPS) is 15.0. The van der Waals surface area contributed by atoms with Crippen LogP contribution in [0, 0.1) is 0 Å². The molecule has 0 atom stereocenters. The molecule has 3 heterocycles. The fourth-order valence-corrected chi connectivity index (χ4v) is 7.79. The van der Waals surface area contributed by atoms with E-state index in [0.717, 1.165) is 52.9 Å². The van der Waals surface area contributed by atoms with Crippen molar-refractivity contribution in [3.05, 3.63) is 32.8 Å². The van der Waals surface area contributed by atoms with Crippen LogP contribution in [0.25, 0.3) is 10.2 Å². The van der Waals surface area contributed by atoms with E-state index in [0.29, 0.717) is 17.2 Å². The molecule has 6 nitrogen and oxygen atoms in total. The van der Waals surface area contributed by atoms with Gasteiger partial charge in [-0.2, -0.15) is 0 Å². The van der Waals surface area contributed by atoms with Gasteiger partial charge in [-0.25, -0.2) is 14.8 Å². The third kappa shape index (κ3) is 3.99. The number of nitrogens with one attached hydrogen (secondary N) is 1. The van der Waals surface area contributed by atoms with Crippen molar-refractivity contribution in [1.29, 1.82) is 0 Å². The summed E-state index contributed by atoms with van der Waals surface area (Å²) in [5.74, 6) is -0.236. The number of hydrogen-bond donors (Lipinski definition) is 1. The molecule has 2 aliphatic rings. The Bertz CT molecular complexity index is 1170. The lowest BCUT2D eigenvalue weighted by molar-refractivity contribution is -0.113. The van der Waals surface area contributed by atoms with Gasteiger partial charge in [0.05, 0.1) is 17.9 Å². The first-order valence-electron chi connectivity index (χ1n) is 10.6. The molecular formula is C22H23N3O3S3. The Kier molecular flexibility index (Phi) is 5.99. The van der Waals surface area contributed by atoms with Gasteiger partial charge in [0.2, 0.25) is 5.91 Å². The zero-order valence-corrected chi connectivity index (χ0v) is 19.7. The third-order valence-electron chi connectivity index (χ3n) is 5.71. The summed E-state index contributed by atoms with van der Waals surface area (Å²) in [5, 5.41) is 5.59. The second-order valence-corrected chi connectivity index (χ2v) is 10.8. The molecule has 0 spiro atoms. The summed E-state index contributed by atoms with van der Waals surface area (Å²) < 4.78 is 5.25. The maximum absolute atomic E-state index is 12.8. The maximum atomic E-state index is 12.8. The Morgan fingerprint density at radius 3 is 2.71 bits per heavy atom. The number of aryl methyl sites for hydroxylation is 3. The van der Waals surface area contributed by atoms with Crippen LogP contribution in [0.4, 0.5) is 5.00 Å². The van der Waals surface area contributed by atoms with Crippen molar-refractivity contribution >= 4 is 61.5 Å². The number of nitrogens with zero attached hydrogens (tertiary/aromatic N) is 2. The van der Waals surface area contributed by atoms with Crippen LogP contribution >= 0.6 is 34.4 Å². The number of aromatic nitrogens is 2. The first-order valence-corrected chi connectivity index (χ1v) is 13.3. The molecule has 162 valence electrons. The molecule has 0 saturated heterocycles. The molecule has 0 unspecified atom stereocenters. The van der Waals surface area contributed by atoms with E-state index in [1.807, 2.05) is 0 Å². The lowest BCUT2D eigenvalue weighted by Gasteiger charge is -2.11. The van der Waals surface area contributed by atoms with Gasteiger partial charge in [0.1, 0.15) is 21.2 Å². The standard InChI is InChI=1S/C22H23N3O3S3/c1-2-28-22(27)18-13-7-5-9-15(13)31-21(18)25-16(26)10-29-19-17-12-6-3-4-8-14(12)30-20(17)24-11-23-19/h11H,2-10H2,1H3,(H,25,26). The van der Waals surface area contributed by atoms with Gasteiger partial charge < -0.3 is 10.1 Å². The van der Waals surface area contributed by atoms with E-state index in [-0.39, 0.29) is 17.6 Å². The van der Waals surface area contributed by atoms with Crippen molar-refractivity contribution in [2.75, 3.05) is 17.7 Å². The molecule has 0 saturated carbocycles. The highest BCUT2D eigenvalue weighted by Crippen LogP contribution is 2.41. The zero-order chi connectivity index (χ0) is 21.4. The lowest BCUT2D eigenvalue weighted by atomic mass is 9.97.